The van der Waals surface area contributed by atoms with Crippen LogP contribution in [0, 0.1) is 0 Å². The number of likely N-dealkylation sites (tertiary alicyclic amines) is 1. The maximum Gasteiger partial charge on any atom is 0.0693 e. The molecule has 1 saturated heterocycles. The number of anilines is 1. The van der Waals surface area contributed by atoms with E-state index in [0.29, 0.717) is 27.8 Å². The van der Waals surface area contributed by atoms with Gasteiger partial charge in [-0.15, -0.1) is 0 Å². The van der Waals surface area contributed by atoms with E-state index in [-0.39, 0.29) is 0 Å². The summed E-state index contributed by atoms with van der Waals surface area (Å²) in [6.45, 7) is 5.47. The van der Waals surface area contributed by atoms with Crippen LogP contribution < -0.4 is 5.73 Å². The largest absolute Gasteiger partial charge is 0.396 e. The lowest BCUT2D eigenvalue weighted by atomic mass is 9.97. The third kappa shape index (κ3) is 2.93. The van der Waals surface area contributed by atoms with E-state index in [1.807, 2.05) is 12.1 Å². The summed E-state index contributed by atoms with van der Waals surface area (Å²) in [6.07, 6.45) is 3.85. The molecule has 0 amide bonds. The Morgan fingerprint density at radius 1 is 1.17 bits per heavy atom. The molecule has 2 N–H and O–H groups in total. The van der Waals surface area contributed by atoms with Gasteiger partial charge in [0.2, 0.25) is 0 Å². The number of benzene rings is 1. The van der Waals surface area contributed by atoms with E-state index in [0.717, 1.165) is 12.1 Å². The molecule has 2 nitrogen and oxygen atoms in total. The van der Waals surface area contributed by atoms with Crippen molar-refractivity contribution in [3.8, 4) is 0 Å². The van der Waals surface area contributed by atoms with Gasteiger partial charge < -0.3 is 5.73 Å². The zero-order chi connectivity index (χ0) is 13.3. The van der Waals surface area contributed by atoms with Gasteiger partial charge in [-0.05, 0) is 44.4 Å². The molecule has 18 heavy (non-hydrogen) atoms. The highest BCUT2D eigenvalue weighted by atomic mass is 35.5. The van der Waals surface area contributed by atoms with Gasteiger partial charge in [0.05, 0.1) is 15.7 Å². The topological polar surface area (TPSA) is 29.3 Å². The van der Waals surface area contributed by atoms with Gasteiger partial charge in [-0.3, -0.25) is 4.90 Å². The summed E-state index contributed by atoms with van der Waals surface area (Å²) < 4.78 is 0. The normalized spacial score (nSPS) is 25.3. The van der Waals surface area contributed by atoms with Crippen molar-refractivity contribution in [2.24, 2.45) is 0 Å². The molecule has 1 aliphatic rings. The SMILES string of the molecule is C[C@@H]1CCC[C@H](C)N1Cc1cc(Cl)c(N)c(Cl)c1. The van der Waals surface area contributed by atoms with Crippen LogP contribution in [0.4, 0.5) is 5.69 Å². The number of nitrogens with zero attached hydrogens (tertiary/aromatic N) is 1. The molecule has 1 heterocycles. The van der Waals surface area contributed by atoms with Crippen molar-refractivity contribution in [1.29, 1.82) is 0 Å². The minimum Gasteiger partial charge on any atom is -0.396 e. The van der Waals surface area contributed by atoms with Crippen molar-refractivity contribution in [2.45, 2.75) is 51.7 Å². The third-order valence-corrected chi connectivity index (χ3v) is 4.51. The smallest absolute Gasteiger partial charge is 0.0693 e. The number of nitrogens with two attached hydrogens (primary N) is 1. The molecule has 1 aliphatic heterocycles. The van der Waals surface area contributed by atoms with E-state index in [4.69, 9.17) is 28.9 Å². The minimum absolute atomic E-state index is 0.474. The van der Waals surface area contributed by atoms with Crippen molar-refractivity contribution >= 4 is 28.9 Å². The first-order valence-electron chi connectivity index (χ1n) is 6.48. The summed E-state index contributed by atoms with van der Waals surface area (Å²) in [6, 6.07) is 5.08. The van der Waals surface area contributed by atoms with Crippen LogP contribution >= 0.6 is 23.2 Å². The summed E-state index contributed by atoms with van der Waals surface area (Å²) in [5.41, 5.74) is 7.37. The molecule has 0 saturated carbocycles. The van der Waals surface area contributed by atoms with Crippen molar-refractivity contribution in [2.75, 3.05) is 5.73 Å². The number of piperidine rings is 1. The van der Waals surface area contributed by atoms with E-state index in [2.05, 4.69) is 18.7 Å². The second kappa shape index (κ2) is 5.68. The highest BCUT2D eigenvalue weighted by Crippen LogP contribution is 2.31. The third-order valence-electron chi connectivity index (χ3n) is 3.88. The Bertz CT molecular complexity index is 401. The fourth-order valence-electron chi connectivity index (χ4n) is 2.73. The van der Waals surface area contributed by atoms with E-state index >= 15 is 0 Å². The lowest BCUT2D eigenvalue weighted by Gasteiger charge is -2.39. The Morgan fingerprint density at radius 3 is 2.17 bits per heavy atom. The maximum atomic E-state index is 6.08. The van der Waals surface area contributed by atoms with Crippen molar-refractivity contribution < 1.29 is 0 Å². The average Bonchev–Trinajstić information content (AvgIpc) is 2.31. The predicted octanol–water partition coefficient (Wildman–Crippen LogP) is 4.34. The summed E-state index contributed by atoms with van der Waals surface area (Å²) in [4.78, 5) is 2.52. The first-order valence-corrected chi connectivity index (χ1v) is 7.23. The van der Waals surface area contributed by atoms with Gasteiger partial charge in [-0.25, -0.2) is 0 Å². The van der Waals surface area contributed by atoms with Crippen LogP contribution in [0.15, 0.2) is 12.1 Å². The molecule has 1 aromatic rings. The Morgan fingerprint density at radius 2 is 1.67 bits per heavy atom. The molecule has 0 aromatic heterocycles. The quantitative estimate of drug-likeness (QED) is 0.820. The molecule has 1 aromatic carbocycles. The molecule has 2 atom stereocenters. The van der Waals surface area contributed by atoms with Crippen LogP contribution in [-0.4, -0.2) is 17.0 Å². The van der Waals surface area contributed by atoms with Crippen LogP contribution in [-0.2, 0) is 6.54 Å². The minimum atomic E-state index is 0.474. The molecule has 0 unspecified atom stereocenters. The maximum absolute atomic E-state index is 6.08. The van der Waals surface area contributed by atoms with Crippen molar-refractivity contribution in [1.82, 2.24) is 4.90 Å². The van der Waals surface area contributed by atoms with E-state index < -0.39 is 0 Å². The second-order valence-electron chi connectivity index (χ2n) is 5.27. The predicted molar refractivity (Wildman–Crippen MR) is 79.2 cm³/mol. The first kappa shape index (κ1) is 14.0. The van der Waals surface area contributed by atoms with E-state index in [1.54, 1.807) is 0 Å². The fourth-order valence-corrected chi connectivity index (χ4v) is 3.26. The number of rotatable bonds is 2. The molecule has 100 valence electrons. The summed E-state index contributed by atoms with van der Waals surface area (Å²) >= 11 is 12.2. The highest BCUT2D eigenvalue weighted by Gasteiger charge is 2.24. The van der Waals surface area contributed by atoms with Gasteiger partial charge in [0, 0.05) is 18.6 Å². The molecule has 0 radical (unpaired) electrons. The lowest BCUT2D eigenvalue weighted by molar-refractivity contribution is 0.0953. The number of nitrogen functional groups attached to an aromatic ring is 1. The number of halogens is 2. The zero-order valence-corrected chi connectivity index (χ0v) is 12.4. The Balaban J connectivity index is 2.18. The van der Waals surface area contributed by atoms with Crippen LogP contribution in [0.25, 0.3) is 0 Å². The number of hydrogen-bond acceptors (Lipinski definition) is 2. The fraction of sp³-hybridized carbons (Fsp3) is 0.571. The van der Waals surface area contributed by atoms with E-state index in [9.17, 15) is 0 Å². The Kier molecular flexibility index (Phi) is 4.41. The Hall–Kier alpha value is -0.440. The van der Waals surface area contributed by atoms with Crippen LogP contribution in [0.5, 0.6) is 0 Å². The molecular formula is C14H20Cl2N2. The van der Waals surface area contributed by atoms with Crippen LogP contribution in [0.1, 0.15) is 38.7 Å². The first-order chi connectivity index (χ1) is 8.49. The van der Waals surface area contributed by atoms with Crippen LogP contribution in [0.3, 0.4) is 0 Å². The molecule has 1 fully saturated rings. The molecule has 0 spiro atoms. The van der Waals surface area contributed by atoms with Gasteiger partial charge in [0.1, 0.15) is 0 Å². The van der Waals surface area contributed by atoms with Gasteiger partial charge in [-0.1, -0.05) is 29.6 Å². The van der Waals surface area contributed by atoms with Crippen LogP contribution in [0.2, 0.25) is 10.0 Å². The van der Waals surface area contributed by atoms with Crippen molar-refractivity contribution in [3.63, 3.8) is 0 Å². The summed E-state index contributed by atoms with van der Waals surface area (Å²) in [7, 11) is 0. The van der Waals surface area contributed by atoms with Gasteiger partial charge in [-0.2, -0.15) is 0 Å². The monoisotopic (exact) mass is 286 g/mol. The van der Waals surface area contributed by atoms with Gasteiger partial charge in [0.25, 0.3) is 0 Å². The lowest BCUT2D eigenvalue weighted by Crippen LogP contribution is -2.42. The molecule has 2 rings (SSSR count). The standard InChI is InChI=1S/C14H20Cl2N2/c1-9-4-3-5-10(2)18(9)8-11-6-12(15)14(17)13(16)7-11/h6-7,9-10H,3-5,8,17H2,1-2H3/t9-,10+. The van der Waals surface area contributed by atoms with Gasteiger partial charge in [0.15, 0.2) is 0 Å². The molecule has 0 bridgehead atoms. The molecular weight excluding hydrogens is 267 g/mol. The van der Waals surface area contributed by atoms with Gasteiger partial charge >= 0.3 is 0 Å². The molecule has 4 heteroatoms. The summed E-state index contributed by atoms with van der Waals surface area (Å²) in [5.74, 6) is 0. The zero-order valence-electron chi connectivity index (χ0n) is 10.9. The Labute approximate surface area is 119 Å². The highest BCUT2D eigenvalue weighted by molar-refractivity contribution is 6.38. The van der Waals surface area contributed by atoms with E-state index in [1.165, 1.54) is 19.3 Å². The average molecular weight is 287 g/mol. The molecule has 0 aliphatic carbocycles. The number of hydrogen-bond donors (Lipinski definition) is 1. The van der Waals surface area contributed by atoms with Crippen molar-refractivity contribution in [3.05, 3.63) is 27.7 Å². The second-order valence-corrected chi connectivity index (χ2v) is 6.09. The summed E-state index contributed by atoms with van der Waals surface area (Å²) in [5, 5.41) is 1.10.